The van der Waals surface area contributed by atoms with Crippen LogP contribution in [-0.4, -0.2) is 18.5 Å². The van der Waals surface area contributed by atoms with Crippen LogP contribution < -0.4 is 0 Å². The summed E-state index contributed by atoms with van der Waals surface area (Å²) in [5, 5.41) is 2.36. The third-order valence-electron chi connectivity index (χ3n) is 1.34. The summed E-state index contributed by atoms with van der Waals surface area (Å²) in [6.07, 6.45) is 1.65. The lowest BCUT2D eigenvalue weighted by Gasteiger charge is -2.21. The highest BCUT2D eigenvalue weighted by molar-refractivity contribution is 8.32. The Kier molecular flexibility index (Phi) is 5.71. The minimum Gasteiger partial charge on any atom is -0.140 e. The predicted octanol–water partition coefficient (Wildman–Crippen LogP) is 4.59. The molecule has 0 unspecified atom stereocenters. The van der Waals surface area contributed by atoms with Crippen LogP contribution >= 0.6 is 70.1 Å². The molecular formula is C6H9Cl3S3. The Hall–Kier alpha value is 1.92. The second-order valence-electron chi connectivity index (χ2n) is 2.36. The molecule has 0 amide bonds. The lowest BCUT2D eigenvalue weighted by molar-refractivity contribution is 0.811. The maximum absolute atomic E-state index is 5.66. The van der Waals surface area contributed by atoms with E-state index in [0.29, 0.717) is 11.0 Å². The quantitative estimate of drug-likeness (QED) is 0.680. The van der Waals surface area contributed by atoms with E-state index >= 15 is 0 Å². The Morgan fingerprint density at radius 3 is 2.25 bits per heavy atom. The summed E-state index contributed by atoms with van der Waals surface area (Å²) in [7, 11) is 0. The fraction of sp³-hybridized carbons (Fsp3) is 1.00. The minimum atomic E-state index is -1.06. The zero-order valence-corrected chi connectivity index (χ0v) is 11.0. The largest absolute Gasteiger partial charge is 0.190 e. The molecule has 0 aromatic carbocycles. The van der Waals surface area contributed by atoms with Crippen molar-refractivity contribution in [3.05, 3.63) is 0 Å². The number of hydrogen-bond donors (Lipinski definition) is 0. The maximum Gasteiger partial charge on any atom is 0.190 e. The van der Waals surface area contributed by atoms with Crippen molar-refractivity contribution in [2.24, 2.45) is 0 Å². The van der Waals surface area contributed by atoms with Crippen LogP contribution in [0.5, 0.6) is 0 Å². The van der Waals surface area contributed by atoms with Gasteiger partial charge in [-0.3, -0.25) is 0 Å². The van der Waals surface area contributed by atoms with E-state index in [2.05, 4.69) is 0 Å². The molecule has 1 saturated heterocycles. The molecule has 6 heteroatoms. The highest BCUT2D eigenvalue weighted by Gasteiger charge is 2.23. The van der Waals surface area contributed by atoms with Crippen LogP contribution in [0.1, 0.15) is 12.8 Å². The summed E-state index contributed by atoms with van der Waals surface area (Å²) >= 11 is 22.8. The standard InChI is InChI=1S/C6H9Cl3S3/c7-6(8,9)2-1-5-11-3-10-4-12-5/h5H,1-4H2. The van der Waals surface area contributed by atoms with Crippen LogP contribution in [0.2, 0.25) is 0 Å². The van der Waals surface area contributed by atoms with E-state index in [1.165, 1.54) is 10.2 Å². The van der Waals surface area contributed by atoms with Gasteiger partial charge in [-0.2, -0.15) is 0 Å². The Bertz CT molecular complexity index is 130. The number of thioether (sulfide) groups is 3. The zero-order chi connectivity index (χ0) is 9.03. The molecule has 72 valence electrons. The van der Waals surface area contributed by atoms with Gasteiger partial charge in [0.25, 0.3) is 0 Å². The molecule has 0 nitrogen and oxygen atoms in total. The molecule has 0 aromatic heterocycles. The zero-order valence-electron chi connectivity index (χ0n) is 6.26. The molecular weight excluding hydrogens is 275 g/mol. The smallest absolute Gasteiger partial charge is 0.140 e. The van der Waals surface area contributed by atoms with Gasteiger partial charge in [-0.15, -0.1) is 35.3 Å². The molecule has 0 aliphatic carbocycles. The van der Waals surface area contributed by atoms with Crippen molar-refractivity contribution in [3.63, 3.8) is 0 Å². The van der Waals surface area contributed by atoms with Gasteiger partial charge in [0.2, 0.25) is 0 Å². The molecule has 0 saturated carbocycles. The lowest BCUT2D eigenvalue weighted by atomic mass is 10.4. The summed E-state index contributed by atoms with van der Waals surface area (Å²) < 4.78 is -0.437. The van der Waals surface area contributed by atoms with Gasteiger partial charge >= 0.3 is 0 Å². The fourth-order valence-corrected chi connectivity index (χ4v) is 5.93. The van der Waals surface area contributed by atoms with E-state index in [1.807, 2.05) is 35.3 Å². The second-order valence-corrected chi connectivity index (χ2v) is 9.27. The fourth-order valence-electron chi connectivity index (χ4n) is 0.778. The van der Waals surface area contributed by atoms with Crippen molar-refractivity contribution < 1.29 is 0 Å². The van der Waals surface area contributed by atoms with Crippen molar-refractivity contribution in [1.29, 1.82) is 0 Å². The van der Waals surface area contributed by atoms with Crippen molar-refractivity contribution in [2.45, 2.75) is 21.2 Å². The van der Waals surface area contributed by atoms with Crippen LogP contribution in [0.3, 0.4) is 0 Å². The lowest BCUT2D eigenvalue weighted by Crippen LogP contribution is -2.09. The number of alkyl halides is 3. The molecule has 1 fully saturated rings. The first kappa shape index (κ1) is 12.0. The Balaban J connectivity index is 2.13. The average molecular weight is 284 g/mol. The summed E-state index contributed by atoms with van der Waals surface area (Å²) in [4.78, 5) is 0. The third kappa shape index (κ3) is 5.61. The van der Waals surface area contributed by atoms with Crippen LogP contribution in [-0.2, 0) is 0 Å². The van der Waals surface area contributed by atoms with Crippen LogP contribution in [0.15, 0.2) is 0 Å². The summed E-state index contributed by atoms with van der Waals surface area (Å²) in [6, 6.07) is 0. The van der Waals surface area contributed by atoms with Crippen LogP contribution in [0.25, 0.3) is 0 Å². The van der Waals surface area contributed by atoms with E-state index in [-0.39, 0.29) is 0 Å². The molecule has 1 rings (SSSR count). The number of hydrogen-bond acceptors (Lipinski definition) is 3. The summed E-state index contributed by atoms with van der Waals surface area (Å²) in [6.45, 7) is 0. The van der Waals surface area contributed by atoms with Gasteiger partial charge in [0.05, 0.1) is 4.58 Å². The monoisotopic (exact) mass is 282 g/mol. The number of halogens is 3. The molecule has 1 aliphatic rings. The molecule has 0 spiro atoms. The van der Waals surface area contributed by atoms with Crippen LogP contribution in [0, 0.1) is 0 Å². The van der Waals surface area contributed by atoms with Gasteiger partial charge in [-0.25, -0.2) is 0 Å². The molecule has 1 heterocycles. The molecule has 0 N–H and O–H groups in total. The van der Waals surface area contributed by atoms with Crippen molar-refractivity contribution in [2.75, 3.05) is 10.2 Å². The molecule has 0 atom stereocenters. The molecule has 0 radical (unpaired) electrons. The first-order valence-corrected chi connectivity index (χ1v) is 7.84. The van der Waals surface area contributed by atoms with Gasteiger partial charge in [0.1, 0.15) is 0 Å². The second kappa shape index (κ2) is 5.72. The Morgan fingerprint density at radius 1 is 1.17 bits per heavy atom. The SMILES string of the molecule is ClC(Cl)(Cl)CCC1SCSCS1. The number of rotatable bonds is 2. The van der Waals surface area contributed by atoms with Crippen LogP contribution in [0.4, 0.5) is 0 Å². The average Bonchev–Trinajstić information content (AvgIpc) is 2.02. The van der Waals surface area contributed by atoms with Gasteiger partial charge in [0.15, 0.2) is 3.79 Å². The van der Waals surface area contributed by atoms with E-state index in [9.17, 15) is 0 Å². The third-order valence-corrected chi connectivity index (χ3v) is 6.36. The normalized spacial score (nSPS) is 21.2. The van der Waals surface area contributed by atoms with Crippen molar-refractivity contribution in [3.8, 4) is 0 Å². The van der Waals surface area contributed by atoms with E-state index in [4.69, 9.17) is 34.8 Å². The Morgan fingerprint density at radius 2 is 1.75 bits per heavy atom. The topological polar surface area (TPSA) is 0 Å². The Labute approximate surface area is 101 Å². The molecule has 0 bridgehead atoms. The van der Waals surface area contributed by atoms with Gasteiger partial charge in [-0.1, -0.05) is 34.8 Å². The van der Waals surface area contributed by atoms with Gasteiger partial charge in [-0.05, 0) is 12.8 Å². The predicted molar refractivity (Wildman–Crippen MR) is 65.8 cm³/mol. The molecule has 0 aromatic rings. The van der Waals surface area contributed by atoms with E-state index < -0.39 is 3.79 Å². The first-order chi connectivity index (χ1) is 5.58. The van der Waals surface area contributed by atoms with E-state index in [0.717, 1.165) is 6.42 Å². The molecule has 12 heavy (non-hydrogen) atoms. The van der Waals surface area contributed by atoms with E-state index in [1.54, 1.807) is 0 Å². The highest BCUT2D eigenvalue weighted by atomic mass is 35.6. The highest BCUT2D eigenvalue weighted by Crippen LogP contribution is 2.41. The molecule has 1 aliphatic heterocycles. The van der Waals surface area contributed by atoms with Crippen molar-refractivity contribution >= 4 is 70.1 Å². The summed E-state index contributed by atoms with van der Waals surface area (Å²) in [5.41, 5.74) is 0. The maximum atomic E-state index is 5.66. The van der Waals surface area contributed by atoms with Gasteiger partial charge in [0, 0.05) is 10.2 Å². The summed E-state index contributed by atoms with van der Waals surface area (Å²) in [5.74, 6) is 0. The van der Waals surface area contributed by atoms with Gasteiger partial charge < -0.3 is 0 Å². The van der Waals surface area contributed by atoms with Crippen molar-refractivity contribution in [1.82, 2.24) is 0 Å². The first-order valence-electron chi connectivity index (χ1n) is 3.45. The minimum absolute atomic E-state index is 0.627.